The molecule has 130 valence electrons. The van der Waals surface area contributed by atoms with Gasteiger partial charge in [0.15, 0.2) is 0 Å². The SMILES string of the molecule is O=C1OC(=O)c2ccc(NC3=CC(=O)N(CCO)C3=O)c3cccc1c23. The number of β-amino-alcohol motifs (C(OH)–C–C–N with tert-alkyl or cyclic N) is 1. The number of carbonyl (C=O) groups excluding carboxylic acids is 4. The summed E-state index contributed by atoms with van der Waals surface area (Å²) in [6.07, 6.45) is 1.15. The van der Waals surface area contributed by atoms with Gasteiger partial charge in [0.1, 0.15) is 5.70 Å². The molecule has 4 rings (SSSR count). The molecule has 2 aromatic rings. The molecule has 0 atom stereocenters. The van der Waals surface area contributed by atoms with E-state index in [1.807, 2.05) is 0 Å². The maximum Gasteiger partial charge on any atom is 0.346 e. The summed E-state index contributed by atoms with van der Waals surface area (Å²) in [4.78, 5) is 49.0. The van der Waals surface area contributed by atoms with Crippen LogP contribution in [0.3, 0.4) is 0 Å². The molecule has 2 aromatic carbocycles. The number of cyclic esters (lactones) is 2. The van der Waals surface area contributed by atoms with Crippen LogP contribution in [-0.4, -0.2) is 46.9 Å². The van der Waals surface area contributed by atoms with Crippen molar-refractivity contribution in [3.05, 3.63) is 53.2 Å². The van der Waals surface area contributed by atoms with Crippen LogP contribution in [0.15, 0.2) is 42.1 Å². The number of esters is 2. The van der Waals surface area contributed by atoms with Crippen LogP contribution in [0.4, 0.5) is 5.69 Å². The summed E-state index contributed by atoms with van der Waals surface area (Å²) in [5.41, 5.74) is 1.02. The fourth-order valence-electron chi connectivity index (χ4n) is 3.11. The number of aliphatic hydroxyl groups excluding tert-OH is 1. The number of aliphatic hydroxyl groups is 1. The summed E-state index contributed by atoms with van der Waals surface area (Å²) in [6, 6.07) is 7.96. The molecular weight excluding hydrogens is 340 g/mol. The van der Waals surface area contributed by atoms with Crippen LogP contribution in [0.25, 0.3) is 10.8 Å². The van der Waals surface area contributed by atoms with Gasteiger partial charge in [0.05, 0.1) is 24.3 Å². The molecule has 2 aliphatic rings. The number of hydrogen-bond acceptors (Lipinski definition) is 7. The van der Waals surface area contributed by atoms with Gasteiger partial charge < -0.3 is 15.2 Å². The zero-order valence-electron chi connectivity index (χ0n) is 13.3. The molecule has 0 spiro atoms. The molecule has 2 heterocycles. The number of imide groups is 1. The Hall–Kier alpha value is -3.52. The molecule has 8 nitrogen and oxygen atoms in total. The average molecular weight is 352 g/mol. The van der Waals surface area contributed by atoms with Gasteiger partial charge >= 0.3 is 11.9 Å². The number of benzene rings is 2. The molecule has 0 aliphatic carbocycles. The predicted octanol–water partition coefficient (Wildman–Crippen LogP) is 0.807. The zero-order valence-corrected chi connectivity index (χ0v) is 13.3. The summed E-state index contributed by atoms with van der Waals surface area (Å²) >= 11 is 0. The zero-order chi connectivity index (χ0) is 18.4. The number of ether oxygens (including phenoxy) is 1. The number of nitrogens with one attached hydrogen (secondary N) is 1. The van der Waals surface area contributed by atoms with Gasteiger partial charge in [0.2, 0.25) is 0 Å². The van der Waals surface area contributed by atoms with E-state index in [9.17, 15) is 19.2 Å². The minimum absolute atomic E-state index is 0.0499. The molecule has 2 N–H and O–H groups in total. The van der Waals surface area contributed by atoms with Gasteiger partial charge in [-0.3, -0.25) is 14.5 Å². The summed E-state index contributed by atoms with van der Waals surface area (Å²) in [5, 5.41) is 12.8. The predicted molar refractivity (Wildman–Crippen MR) is 89.2 cm³/mol. The van der Waals surface area contributed by atoms with E-state index in [0.29, 0.717) is 16.5 Å². The van der Waals surface area contributed by atoms with Crippen molar-refractivity contribution in [2.45, 2.75) is 0 Å². The van der Waals surface area contributed by atoms with Gasteiger partial charge in [0.25, 0.3) is 11.8 Å². The lowest BCUT2D eigenvalue weighted by molar-refractivity contribution is -0.137. The maximum atomic E-state index is 12.3. The van der Waals surface area contributed by atoms with Crippen molar-refractivity contribution in [1.82, 2.24) is 4.90 Å². The first-order chi connectivity index (χ1) is 12.5. The molecule has 0 fully saturated rings. The van der Waals surface area contributed by atoms with E-state index in [0.717, 1.165) is 11.0 Å². The van der Waals surface area contributed by atoms with Crippen molar-refractivity contribution in [3.8, 4) is 0 Å². The summed E-state index contributed by atoms with van der Waals surface area (Å²) < 4.78 is 4.71. The van der Waals surface area contributed by atoms with E-state index < -0.39 is 23.8 Å². The number of hydrogen-bond donors (Lipinski definition) is 2. The van der Waals surface area contributed by atoms with E-state index in [2.05, 4.69) is 5.32 Å². The van der Waals surface area contributed by atoms with Gasteiger partial charge in [-0.25, -0.2) is 9.59 Å². The van der Waals surface area contributed by atoms with Crippen molar-refractivity contribution >= 4 is 40.2 Å². The number of rotatable bonds is 4. The molecule has 0 bridgehead atoms. The standard InChI is InChI=1S/C18H12N2O6/c21-7-6-20-14(22)8-13(16(20)23)19-12-5-4-11-15-9(12)2-1-3-10(15)17(24)26-18(11)25/h1-5,8,19,21H,6-7H2. The summed E-state index contributed by atoms with van der Waals surface area (Å²) in [7, 11) is 0. The van der Waals surface area contributed by atoms with E-state index >= 15 is 0 Å². The number of nitrogens with zero attached hydrogens (tertiary/aromatic N) is 1. The van der Waals surface area contributed by atoms with Crippen LogP contribution in [0, 0.1) is 0 Å². The van der Waals surface area contributed by atoms with Crippen molar-refractivity contribution in [1.29, 1.82) is 0 Å². The van der Waals surface area contributed by atoms with Crippen LogP contribution in [0.2, 0.25) is 0 Å². The van der Waals surface area contributed by atoms with E-state index in [1.165, 1.54) is 6.07 Å². The van der Waals surface area contributed by atoms with Crippen LogP contribution in [-0.2, 0) is 14.3 Å². The minimum atomic E-state index is -0.731. The van der Waals surface area contributed by atoms with Crippen LogP contribution < -0.4 is 5.32 Å². The van der Waals surface area contributed by atoms with Crippen LogP contribution in [0.5, 0.6) is 0 Å². The number of carbonyl (C=O) groups is 4. The third-order valence-corrected chi connectivity index (χ3v) is 4.27. The second-order valence-electron chi connectivity index (χ2n) is 5.77. The Kier molecular flexibility index (Phi) is 3.55. The first-order valence-electron chi connectivity index (χ1n) is 7.79. The lowest BCUT2D eigenvalue weighted by Gasteiger charge is -2.18. The Morgan fingerprint density at radius 3 is 2.46 bits per heavy atom. The largest absolute Gasteiger partial charge is 0.395 e. The fraction of sp³-hybridized carbons (Fsp3) is 0.111. The van der Waals surface area contributed by atoms with Gasteiger partial charge in [0, 0.05) is 22.5 Å². The van der Waals surface area contributed by atoms with E-state index in [1.54, 1.807) is 24.3 Å². The highest BCUT2D eigenvalue weighted by Crippen LogP contribution is 2.34. The molecule has 0 unspecified atom stereocenters. The second-order valence-corrected chi connectivity index (χ2v) is 5.77. The Morgan fingerprint density at radius 1 is 1.00 bits per heavy atom. The Balaban J connectivity index is 1.79. The molecular formula is C18H12N2O6. The van der Waals surface area contributed by atoms with Gasteiger partial charge in [-0.05, 0) is 18.2 Å². The molecule has 26 heavy (non-hydrogen) atoms. The first kappa shape index (κ1) is 16.0. The van der Waals surface area contributed by atoms with Crippen molar-refractivity contribution < 1.29 is 29.0 Å². The second kappa shape index (κ2) is 5.78. The Morgan fingerprint density at radius 2 is 1.73 bits per heavy atom. The molecule has 0 saturated heterocycles. The van der Waals surface area contributed by atoms with Gasteiger partial charge in [-0.2, -0.15) is 0 Å². The normalized spacial score (nSPS) is 16.2. The highest BCUT2D eigenvalue weighted by atomic mass is 16.6. The molecule has 0 saturated carbocycles. The highest BCUT2D eigenvalue weighted by molar-refractivity contribution is 6.23. The summed E-state index contributed by atoms with van der Waals surface area (Å²) in [6.45, 7) is -0.423. The van der Waals surface area contributed by atoms with E-state index in [-0.39, 0.29) is 30.0 Å². The van der Waals surface area contributed by atoms with Gasteiger partial charge in [-0.1, -0.05) is 12.1 Å². The third-order valence-electron chi connectivity index (χ3n) is 4.27. The van der Waals surface area contributed by atoms with Crippen LogP contribution >= 0.6 is 0 Å². The average Bonchev–Trinajstić information content (AvgIpc) is 2.88. The van der Waals surface area contributed by atoms with Gasteiger partial charge in [-0.15, -0.1) is 0 Å². The Bertz CT molecular complexity index is 1020. The number of anilines is 1. The smallest absolute Gasteiger partial charge is 0.346 e. The lowest BCUT2D eigenvalue weighted by atomic mass is 9.96. The molecule has 2 aliphatic heterocycles. The summed E-state index contributed by atoms with van der Waals surface area (Å²) in [5.74, 6) is -2.54. The van der Waals surface area contributed by atoms with Crippen molar-refractivity contribution in [2.75, 3.05) is 18.5 Å². The topological polar surface area (TPSA) is 113 Å². The molecule has 0 aromatic heterocycles. The monoisotopic (exact) mass is 352 g/mol. The quantitative estimate of drug-likeness (QED) is 0.475. The van der Waals surface area contributed by atoms with Crippen molar-refractivity contribution in [2.24, 2.45) is 0 Å². The Labute approximate surface area is 146 Å². The molecule has 0 radical (unpaired) electrons. The third kappa shape index (κ3) is 2.27. The minimum Gasteiger partial charge on any atom is -0.395 e. The number of amides is 2. The van der Waals surface area contributed by atoms with E-state index in [4.69, 9.17) is 9.84 Å². The lowest BCUT2D eigenvalue weighted by Crippen LogP contribution is -2.34. The van der Waals surface area contributed by atoms with Crippen molar-refractivity contribution in [3.63, 3.8) is 0 Å². The first-order valence-corrected chi connectivity index (χ1v) is 7.79. The molecule has 2 amide bonds. The van der Waals surface area contributed by atoms with Crippen LogP contribution in [0.1, 0.15) is 20.7 Å². The highest BCUT2D eigenvalue weighted by Gasteiger charge is 2.32. The fourth-order valence-corrected chi connectivity index (χ4v) is 3.11. The molecule has 8 heteroatoms. The maximum absolute atomic E-state index is 12.3.